The maximum atomic E-state index is 12.3. The van der Waals surface area contributed by atoms with Gasteiger partial charge in [0.15, 0.2) is 0 Å². The lowest BCUT2D eigenvalue weighted by atomic mass is 10.0. The summed E-state index contributed by atoms with van der Waals surface area (Å²) < 4.78 is 0. The highest BCUT2D eigenvalue weighted by molar-refractivity contribution is 5.79. The monoisotopic (exact) mass is 280 g/mol. The average Bonchev–Trinajstić information content (AvgIpc) is 2.76. The minimum absolute atomic E-state index is 0.0641. The zero-order chi connectivity index (χ0) is 14.8. The van der Waals surface area contributed by atoms with E-state index in [1.165, 1.54) is 16.7 Å². The van der Waals surface area contributed by atoms with Crippen molar-refractivity contribution in [1.29, 1.82) is 0 Å². The van der Waals surface area contributed by atoms with Gasteiger partial charge in [0.1, 0.15) is 0 Å². The lowest BCUT2D eigenvalue weighted by molar-refractivity contribution is -0.121. The SMILES string of the molecule is Cc1ccc2c(c1)C(NC(=O)Cc1cccnc1)C(C)C2. The standard InChI is InChI=1S/C18H20N2O/c1-12-5-6-15-9-13(2)18(16(15)8-12)20-17(21)10-14-4-3-7-19-11-14/h3-8,11,13,18H,9-10H2,1-2H3,(H,20,21). The summed E-state index contributed by atoms with van der Waals surface area (Å²) in [5.41, 5.74) is 4.83. The lowest BCUT2D eigenvalue weighted by Gasteiger charge is -2.19. The van der Waals surface area contributed by atoms with Crippen molar-refractivity contribution in [3.8, 4) is 0 Å². The maximum absolute atomic E-state index is 12.3. The molecule has 1 aromatic carbocycles. The fourth-order valence-corrected chi connectivity index (χ4v) is 3.09. The Balaban J connectivity index is 1.73. The van der Waals surface area contributed by atoms with Crippen LogP contribution in [0.3, 0.4) is 0 Å². The van der Waals surface area contributed by atoms with E-state index in [1.54, 1.807) is 12.4 Å². The predicted molar refractivity (Wildman–Crippen MR) is 82.9 cm³/mol. The summed E-state index contributed by atoms with van der Waals surface area (Å²) in [5, 5.41) is 3.19. The number of nitrogens with zero attached hydrogens (tertiary/aromatic N) is 1. The van der Waals surface area contributed by atoms with Crippen LogP contribution in [0.2, 0.25) is 0 Å². The third-order valence-electron chi connectivity index (χ3n) is 4.15. The molecule has 0 bridgehead atoms. The van der Waals surface area contributed by atoms with Gasteiger partial charge in [-0.15, -0.1) is 0 Å². The van der Waals surface area contributed by atoms with E-state index in [0.717, 1.165) is 12.0 Å². The van der Waals surface area contributed by atoms with Gasteiger partial charge in [0, 0.05) is 12.4 Å². The molecule has 0 saturated carbocycles. The fraction of sp³-hybridized carbons (Fsp3) is 0.333. The van der Waals surface area contributed by atoms with Gasteiger partial charge in [0.25, 0.3) is 0 Å². The molecular weight excluding hydrogens is 260 g/mol. The number of hydrogen-bond acceptors (Lipinski definition) is 2. The van der Waals surface area contributed by atoms with Crippen molar-refractivity contribution < 1.29 is 4.79 Å². The number of benzene rings is 1. The van der Waals surface area contributed by atoms with Gasteiger partial charge in [0.2, 0.25) is 5.91 Å². The molecule has 3 nitrogen and oxygen atoms in total. The number of carbonyl (C=O) groups excluding carboxylic acids is 1. The Hall–Kier alpha value is -2.16. The molecule has 0 aliphatic heterocycles. The average molecular weight is 280 g/mol. The van der Waals surface area contributed by atoms with Crippen LogP contribution in [0.5, 0.6) is 0 Å². The Morgan fingerprint density at radius 3 is 3.00 bits per heavy atom. The Morgan fingerprint density at radius 2 is 2.24 bits per heavy atom. The number of pyridine rings is 1. The van der Waals surface area contributed by atoms with Crippen molar-refractivity contribution >= 4 is 5.91 Å². The van der Waals surface area contributed by atoms with Crippen LogP contribution in [0, 0.1) is 12.8 Å². The Labute approximate surface area is 125 Å². The van der Waals surface area contributed by atoms with Gasteiger partial charge >= 0.3 is 0 Å². The molecule has 108 valence electrons. The molecule has 0 fully saturated rings. The van der Waals surface area contributed by atoms with Crippen LogP contribution in [0.1, 0.15) is 35.2 Å². The summed E-state index contributed by atoms with van der Waals surface area (Å²) in [6, 6.07) is 10.5. The van der Waals surface area contributed by atoms with Crippen molar-refractivity contribution in [2.45, 2.75) is 32.7 Å². The van der Waals surface area contributed by atoms with E-state index in [1.807, 2.05) is 12.1 Å². The van der Waals surface area contributed by atoms with E-state index >= 15 is 0 Å². The molecule has 1 aromatic heterocycles. The molecule has 3 rings (SSSR count). The minimum Gasteiger partial charge on any atom is -0.349 e. The van der Waals surface area contributed by atoms with E-state index in [2.05, 4.69) is 42.3 Å². The van der Waals surface area contributed by atoms with Crippen LogP contribution in [0.25, 0.3) is 0 Å². The summed E-state index contributed by atoms with van der Waals surface area (Å²) in [4.78, 5) is 16.3. The number of rotatable bonds is 3. The van der Waals surface area contributed by atoms with Crippen molar-refractivity contribution in [2.75, 3.05) is 0 Å². The molecule has 1 aliphatic carbocycles. The number of fused-ring (bicyclic) bond motifs is 1. The van der Waals surface area contributed by atoms with Gasteiger partial charge in [0.05, 0.1) is 12.5 Å². The highest BCUT2D eigenvalue weighted by Gasteiger charge is 2.30. The smallest absolute Gasteiger partial charge is 0.224 e. The van der Waals surface area contributed by atoms with Crippen LogP contribution in [-0.4, -0.2) is 10.9 Å². The van der Waals surface area contributed by atoms with Gasteiger partial charge in [-0.3, -0.25) is 9.78 Å². The highest BCUT2D eigenvalue weighted by atomic mass is 16.1. The number of hydrogen-bond donors (Lipinski definition) is 1. The van der Waals surface area contributed by atoms with Crippen molar-refractivity contribution in [1.82, 2.24) is 10.3 Å². The molecular formula is C18H20N2O. The summed E-state index contributed by atoms with van der Waals surface area (Å²) in [6.07, 6.45) is 4.89. The van der Waals surface area contributed by atoms with Gasteiger partial charge < -0.3 is 5.32 Å². The van der Waals surface area contributed by atoms with Crippen LogP contribution < -0.4 is 5.32 Å². The molecule has 1 aliphatic rings. The molecule has 0 spiro atoms. The van der Waals surface area contributed by atoms with Crippen LogP contribution >= 0.6 is 0 Å². The Kier molecular flexibility index (Phi) is 3.74. The molecule has 1 N–H and O–H groups in total. The van der Waals surface area contributed by atoms with Crippen molar-refractivity contribution in [3.63, 3.8) is 0 Å². The summed E-state index contributed by atoms with van der Waals surface area (Å²) in [6.45, 7) is 4.29. The molecule has 1 heterocycles. The van der Waals surface area contributed by atoms with Crippen LogP contribution in [-0.2, 0) is 17.6 Å². The molecule has 1 amide bonds. The summed E-state index contributed by atoms with van der Waals surface area (Å²) in [5.74, 6) is 0.508. The second kappa shape index (κ2) is 5.68. The molecule has 0 saturated heterocycles. The maximum Gasteiger partial charge on any atom is 0.224 e. The van der Waals surface area contributed by atoms with Crippen molar-refractivity contribution in [3.05, 3.63) is 65.0 Å². The number of carbonyl (C=O) groups is 1. The number of aryl methyl sites for hydroxylation is 1. The predicted octanol–water partition coefficient (Wildman–Crippen LogP) is 2.98. The van der Waals surface area contributed by atoms with E-state index < -0.39 is 0 Å². The zero-order valence-corrected chi connectivity index (χ0v) is 12.5. The number of amides is 1. The molecule has 2 atom stereocenters. The third kappa shape index (κ3) is 2.97. The first-order valence-corrected chi connectivity index (χ1v) is 7.41. The molecule has 2 aromatic rings. The number of nitrogens with one attached hydrogen (secondary N) is 1. The summed E-state index contributed by atoms with van der Waals surface area (Å²) >= 11 is 0. The molecule has 21 heavy (non-hydrogen) atoms. The lowest BCUT2D eigenvalue weighted by Crippen LogP contribution is -2.31. The Bertz CT molecular complexity index is 652. The summed E-state index contributed by atoms with van der Waals surface area (Å²) in [7, 11) is 0. The first-order valence-electron chi connectivity index (χ1n) is 7.41. The second-order valence-corrected chi connectivity index (χ2v) is 5.97. The fourth-order valence-electron chi connectivity index (χ4n) is 3.09. The van der Waals surface area contributed by atoms with Gasteiger partial charge in [-0.25, -0.2) is 0 Å². The normalized spacial score (nSPS) is 20.1. The molecule has 0 radical (unpaired) electrons. The largest absolute Gasteiger partial charge is 0.349 e. The number of aromatic nitrogens is 1. The zero-order valence-electron chi connectivity index (χ0n) is 12.5. The quantitative estimate of drug-likeness (QED) is 0.939. The van der Waals surface area contributed by atoms with E-state index in [-0.39, 0.29) is 11.9 Å². The molecule has 3 heteroatoms. The van der Waals surface area contributed by atoms with E-state index in [0.29, 0.717) is 12.3 Å². The highest BCUT2D eigenvalue weighted by Crippen LogP contribution is 2.36. The Morgan fingerprint density at radius 1 is 1.38 bits per heavy atom. The van der Waals surface area contributed by atoms with Gasteiger partial charge in [-0.2, -0.15) is 0 Å². The first kappa shape index (κ1) is 13.8. The minimum atomic E-state index is 0.0641. The topological polar surface area (TPSA) is 42.0 Å². The third-order valence-corrected chi connectivity index (χ3v) is 4.15. The van der Waals surface area contributed by atoms with Gasteiger partial charge in [-0.1, -0.05) is 36.8 Å². The van der Waals surface area contributed by atoms with Crippen LogP contribution in [0.4, 0.5) is 0 Å². The van der Waals surface area contributed by atoms with Crippen LogP contribution in [0.15, 0.2) is 42.7 Å². The molecule has 2 unspecified atom stereocenters. The van der Waals surface area contributed by atoms with Crippen molar-refractivity contribution in [2.24, 2.45) is 5.92 Å². The first-order chi connectivity index (χ1) is 10.1. The van der Waals surface area contributed by atoms with Gasteiger partial charge in [-0.05, 0) is 42.0 Å². The second-order valence-electron chi connectivity index (χ2n) is 5.97. The van der Waals surface area contributed by atoms with E-state index in [9.17, 15) is 4.79 Å². The van der Waals surface area contributed by atoms with E-state index in [4.69, 9.17) is 0 Å².